The van der Waals surface area contributed by atoms with Gasteiger partial charge in [0.1, 0.15) is 16.6 Å². The lowest BCUT2D eigenvalue weighted by atomic mass is 9.33. The molecule has 54 heavy (non-hydrogen) atoms. The summed E-state index contributed by atoms with van der Waals surface area (Å²) in [6, 6.07) is 7.39. The first-order valence-corrected chi connectivity index (χ1v) is 21.0. The molecule has 5 aliphatic carbocycles. The lowest BCUT2D eigenvalue weighted by Crippen LogP contribution is -2.64. The van der Waals surface area contributed by atoms with Crippen molar-refractivity contribution < 1.29 is 28.7 Å². The highest BCUT2D eigenvalue weighted by Crippen LogP contribution is 2.75. The quantitative estimate of drug-likeness (QED) is 0.0705. The molecule has 8 nitrogen and oxygen atoms in total. The van der Waals surface area contributed by atoms with Crippen LogP contribution in [0.2, 0.25) is 0 Å². The van der Waals surface area contributed by atoms with Crippen molar-refractivity contribution in [2.45, 2.75) is 113 Å². The van der Waals surface area contributed by atoms with E-state index in [0.29, 0.717) is 21.1 Å². The summed E-state index contributed by atoms with van der Waals surface area (Å²) >= 11 is 6.67. The first-order valence-electron chi connectivity index (χ1n) is 19.8. The molecule has 292 valence electrons. The molecule has 7 atom stereocenters. The second-order valence-electron chi connectivity index (χ2n) is 19.1. The van der Waals surface area contributed by atoms with Crippen LogP contribution in [0.3, 0.4) is 0 Å². The van der Waals surface area contributed by atoms with Crippen LogP contribution in [0.5, 0.6) is 5.75 Å². The monoisotopic (exact) mass is 774 g/mol. The Labute approximate surface area is 331 Å². The normalized spacial score (nSPS) is 38.1. The van der Waals surface area contributed by atoms with E-state index in [2.05, 4.69) is 59.7 Å². The van der Waals surface area contributed by atoms with Crippen molar-refractivity contribution in [3.8, 4) is 5.75 Å². The van der Waals surface area contributed by atoms with E-state index in [1.807, 2.05) is 24.3 Å². The lowest BCUT2D eigenvalue weighted by molar-refractivity contribution is -0.181. The molecule has 0 unspecified atom stereocenters. The van der Waals surface area contributed by atoms with Gasteiger partial charge in [0.05, 0.1) is 30.3 Å². The standard InChI is InChI=1S/C44H58N2O6S2/c1-39(2)20-22-44(37(49)51-9)23-21-42(6)29(30(44)25-39)14-15-33-41(5)18-17-34(40(3,4)32(41)16-19-43(33,42)7)45-52-35(47)26-46-36(48)31(54-38(46)53)24-27-10-12-28(50-8)13-11-27/h10-14,24,30,32-33H,15-23,25-26H2,1-9H3/b31-24-,45-34-/t30-,32+,33+,41+,42-,43-,44+/m1/s1. The minimum absolute atomic E-state index is 0.00427. The number of methoxy groups -OCH3 is 2. The average Bonchev–Trinajstić information content (AvgIpc) is 3.38. The number of thiocarbonyl (C=S) groups is 1. The fraction of sp³-hybridized carbons (Fsp3) is 0.659. The van der Waals surface area contributed by atoms with Crippen molar-refractivity contribution >= 4 is 57.9 Å². The summed E-state index contributed by atoms with van der Waals surface area (Å²) < 4.78 is 11.1. The van der Waals surface area contributed by atoms with E-state index in [9.17, 15) is 14.4 Å². The second-order valence-corrected chi connectivity index (χ2v) is 20.8. The van der Waals surface area contributed by atoms with Gasteiger partial charge in [0.25, 0.3) is 5.91 Å². The Bertz CT molecular complexity index is 1850. The molecule has 0 N–H and O–H groups in total. The zero-order valence-corrected chi connectivity index (χ0v) is 35.3. The van der Waals surface area contributed by atoms with Gasteiger partial charge in [0.15, 0.2) is 0 Å². The number of carbonyl (C=O) groups excluding carboxylic acids is 3. The summed E-state index contributed by atoms with van der Waals surface area (Å²) in [6.07, 6.45) is 14.2. The number of fused-ring (bicyclic) bond motifs is 7. The first kappa shape index (κ1) is 39.3. The molecular formula is C44H58N2O6S2. The maximum Gasteiger partial charge on any atom is 0.354 e. The van der Waals surface area contributed by atoms with Crippen molar-refractivity contribution in [2.75, 3.05) is 20.8 Å². The molecule has 0 bridgehead atoms. The molecule has 6 aliphatic rings. The number of thioether (sulfide) groups is 1. The predicted molar refractivity (Wildman–Crippen MR) is 217 cm³/mol. The summed E-state index contributed by atoms with van der Waals surface area (Å²) in [5.74, 6) is 0.894. The number of allylic oxidation sites excluding steroid dienone is 2. The molecular weight excluding hydrogens is 717 g/mol. The van der Waals surface area contributed by atoms with Crippen molar-refractivity contribution in [1.29, 1.82) is 0 Å². The molecule has 0 spiro atoms. The number of carbonyl (C=O) groups is 3. The zero-order chi connectivity index (χ0) is 39.1. The van der Waals surface area contributed by atoms with E-state index in [1.54, 1.807) is 20.3 Å². The number of rotatable bonds is 6. The van der Waals surface area contributed by atoms with Gasteiger partial charge < -0.3 is 14.3 Å². The van der Waals surface area contributed by atoms with Crippen molar-refractivity contribution in [3.05, 3.63) is 46.4 Å². The van der Waals surface area contributed by atoms with Gasteiger partial charge in [-0.1, -0.05) is 101 Å². The summed E-state index contributed by atoms with van der Waals surface area (Å²) in [5.41, 5.74) is 3.00. The third kappa shape index (κ3) is 6.02. The van der Waals surface area contributed by atoms with Gasteiger partial charge in [-0.05, 0) is 127 Å². The van der Waals surface area contributed by atoms with Gasteiger partial charge in [-0.2, -0.15) is 0 Å². The van der Waals surface area contributed by atoms with Gasteiger partial charge in [-0.3, -0.25) is 14.5 Å². The summed E-state index contributed by atoms with van der Waals surface area (Å²) in [4.78, 5) is 47.4. The van der Waals surface area contributed by atoms with Gasteiger partial charge in [-0.15, -0.1) is 0 Å². The van der Waals surface area contributed by atoms with Gasteiger partial charge in [-0.25, -0.2) is 4.79 Å². The molecule has 4 saturated carbocycles. The smallest absolute Gasteiger partial charge is 0.354 e. The third-order valence-electron chi connectivity index (χ3n) is 15.8. The molecule has 1 aromatic rings. The Morgan fingerprint density at radius 2 is 1.67 bits per heavy atom. The Morgan fingerprint density at radius 3 is 2.35 bits per heavy atom. The highest BCUT2D eigenvalue weighted by atomic mass is 32.2. The molecule has 5 fully saturated rings. The Hall–Kier alpha value is -2.98. The van der Waals surface area contributed by atoms with Crippen LogP contribution in [0.15, 0.2) is 46.0 Å². The minimum atomic E-state index is -0.603. The third-order valence-corrected chi connectivity index (χ3v) is 17.2. The number of hydrogen-bond donors (Lipinski definition) is 0. The van der Waals surface area contributed by atoms with Gasteiger partial charge in [0.2, 0.25) is 0 Å². The zero-order valence-electron chi connectivity index (χ0n) is 33.6. The summed E-state index contributed by atoms with van der Waals surface area (Å²) in [6.45, 7) is 16.6. The molecule has 1 saturated heterocycles. The number of oxime groups is 1. The van der Waals surface area contributed by atoms with Crippen LogP contribution in [0, 0.1) is 50.2 Å². The SMILES string of the molecule is COC(=O)[C@]12CCC(C)(C)C[C@@H]1C1=CC[C@H]3[C@@]4(C)CC/C(=N/OC(=O)CN5C(=O)/C(=C/c6ccc(OC)cc6)SC5=S)C(C)(C)[C@@H]4CC[C@@]3(C)[C@]1(C)CC2. The van der Waals surface area contributed by atoms with E-state index >= 15 is 0 Å². The highest BCUT2D eigenvalue weighted by Gasteiger charge is 2.69. The minimum Gasteiger partial charge on any atom is -0.497 e. The molecule has 10 heteroatoms. The Kier molecular flexibility index (Phi) is 9.89. The molecule has 0 aromatic heterocycles. The summed E-state index contributed by atoms with van der Waals surface area (Å²) in [5, 5.41) is 4.54. The fourth-order valence-electron chi connectivity index (χ4n) is 12.5. The highest BCUT2D eigenvalue weighted by molar-refractivity contribution is 8.26. The maximum absolute atomic E-state index is 13.6. The number of amides is 1. The molecule has 1 aliphatic heterocycles. The van der Waals surface area contributed by atoms with E-state index in [1.165, 1.54) is 22.2 Å². The van der Waals surface area contributed by atoms with Gasteiger partial charge >= 0.3 is 11.9 Å². The van der Waals surface area contributed by atoms with Crippen molar-refractivity contribution in [3.63, 3.8) is 0 Å². The largest absolute Gasteiger partial charge is 0.497 e. The van der Waals surface area contributed by atoms with Crippen LogP contribution in [0.1, 0.15) is 118 Å². The van der Waals surface area contributed by atoms with Crippen LogP contribution in [-0.2, 0) is 24.0 Å². The van der Waals surface area contributed by atoms with E-state index in [0.717, 1.165) is 81.2 Å². The number of ether oxygens (including phenoxy) is 2. The fourth-order valence-corrected chi connectivity index (χ4v) is 13.8. The molecule has 1 amide bonds. The number of esters is 1. The number of hydrogen-bond acceptors (Lipinski definition) is 9. The first-order chi connectivity index (χ1) is 25.3. The maximum atomic E-state index is 13.6. The van der Waals surface area contributed by atoms with Crippen LogP contribution in [0.4, 0.5) is 0 Å². The van der Waals surface area contributed by atoms with Gasteiger partial charge in [0, 0.05) is 5.41 Å². The van der Waals surface area contributed by atoms with Crippen LogP contribution in [0.25, 0.3) is 6.08 Å². The predicted octanol–water partition coefficient (Wildman–Crippen LogP) is 9.77. The summed E-state index contributed by atoms with van der Waals surface area (Å²) in [7, 11) is 3.18. The van der Waals surface area contributed by atoms with Crippen LogP contribution in [-0.4, -0.2) is 53.5 Å². The molecule has 1 aromatic carbocycles. The molecule has 1 heterocycles. The molecule has 7 rings (SSSR count). The number of nitrogens with zero attached hydrogens (tertiary/aromatic N) is 2. The van der Waals surface area contributed by atoms with Crippen molar-refractivity contribution in [1.82, 2.24) is 4.90 Å². The Balaban J connectivity index is 1.07. The average molecular weight is 775 g/mol. The van der Waals surface area contributed by atoms with E-state index in [-0.39, 0.29) is 51.4 Å². The van der Waals surface area contributed by atoms with E-state index < -0.39 is 11.4 Å². The van der Waals surface area contributed by atoms with E-state index in [4.69, 9.17) is 26.5 Å². The van der Waals surface area contributed by atoms with Crippen LogP contribution < -0.4 is 4.74 Å². The topological polar surface area (TPSA) is 94.5 Å². The van der Waals surface area contributed by atoms with Crippen LogP contribution >= 0.6 is 24.0 Å². The molecule has 0 radical (unpaired) electrons. The second kappa shape index (κ2) is 13.6. The van der Waals surface area contributed by atoms with Crippen molar-refractivity contribution in [2.24, 2.45) is 55.4 Å². The number of benzene rings is 1. The Morgan fingerprint density at radius 1 is 0.963 bits per heavy atom. The lowest BCUT2D eigenvalue weighted by Gasteiger charge is -2.70.